The van der Waals surface area contributed by atoms with Crippen LogP contribution in [0.2, 0.25) is 0 Å². The Morgan fingerprint density at radius 2 is 1.93 bits per heavy atom. The molecule has 74 valence electrons. The fourth-order valence-electron chi connectivity index (χ4n) is 1.14. The molecule has 0 fully saturated rings. The van der Waals surface area contributed by atoms with Gasteiger partial charge in [-0.25, -0.2) is 4.79 Å². The average molecular weight is 192 g/mol. The van der Waals surface area contributed by atoms with Crippen molar-refractivity contribution in [2.24, 2.45) is 0 Å². The van der Waals surface area contributed by atoms with Crippen LogP contribution in [0.25, 0.3) is 5.57 Å². The van der Waals surface area contributed by atoms with E-state index >= 15 is 0 Å². The second-order valence-electron chi connectivity index (χ2n) is 3.03. The van der Waals surface area contributed by atoms with Crippen LogP contribution in [0.4, 0.5) is 0 Å². The second kappa shape index (κ2) is 4.58. The number of hydrogen-bond acceptors (Lipinski definition) is 2. The molecule has 1 aromatic rings. The number of aryl methyl sites for hydroxylation is 1. The van der Waals surface area contributed by atoms with E-state index in [0.717, 1.165) is 17.2 Å². The van der Waals surface area contributed by atoms with Gasteiger partial charge in [0.2, 0.25) is 0 Å². The van der Waals surface area contributed by atoms with Gasteiger partial charge in [0, 0.05) is 6.08 Å². The summed E-state index contributed by atoms with van der Waals surface area (Å²) in [5.74, 6) is -1.05. The van der Waals surface area contributed by atoms with Crippen molar-refractivity contribution in [3.05, 3.63) is 41.5 Å². The van der Waals surface area contributed by atoms with Gasteiger partial charge >= 0.3 is 5.97 Å². The number of carboxylic acid groups (broad SMARTS) is 1. The lowest BCUT2D eigenvalue weighted by Crippen LogP contribution is -1.96. The summed E-state index contributed by atoms with van der Waals surface area (Å²) in [4.78, 5) is 10.4. The molecule has 0 aliphatic heterocycles. The van der Waals surface area contributed by atoms with Crippen LogP contribution in [0.15, 0.2) is 30.3 Å². The van der Waals surface area contributed by atoms with Crippen molar-refractivity contribution in [1.82, 2.24) is 0 Å². The van der Waals surface area contributed by atoms with E-state index in [4.69, 9.17) is 10.2 Å². The highest BCUT2D eigenvalue weighted by molar-refractivity contribution is 5.90. The molecule has 0 atom stereocenters. The minimum absolute atomic E-state index is 0.268. The molecule has 0 heterocycles. The maximum Gasteiger partial charge on any atom is 0.328 e. The van der Waals surface area contributed by atoms with Crippen LogP contribution < -0.4 is 0 Å². The molecule has 0 aliphatic rings. The Morgan fingerprint density at radius 3 is 2.36 bits per heavy atom. The fourth-order valence-corrected chi connectivity index (χ4v) is 1.14. The first-order valence-electron chi connectivity index (χ1n) is 4.25. The minimum Gasteiger partial charge on any atom is -0.478 e. The van der Waals surface area contributed by atoms with Crippen molar-refractivity contribution in [2.45, 2.75) is 6.92 Å². The molecule has 0 aromatic heterocycles. The van der Waals surface area contributed by atoms with Crippen molar-refractivity contribution >= 4 is 11.5 Å². The molecule has 2 N–H and O–H groups in total. The quantitative estimate of drug-likeness (QED) is 0.713. The molecule has 0 saturated carbocycles. The van der Waals surface area contributed by atoms with Gasteiger partial charge in [0.25, 0.3) is 0 Å². The highest BCUT2D eigenvalue weighted by Gasteiger charge is 2.01. The maximum absolute atomic E-state index is 10.4. The molecule has 0 aliphatic carbocycles. The standard InChI is InChI=1S/C11H12O3/c1-8-2-4-9(5-3-8)10(7-12)6-11(13)14/h2-6,12H,7H2,1H3,(H,13,14)/b10-6+. The lowest BCUT2D eigenvalue weighted by molar-refractivity contribution is -0.131. The third kappa shape index (κ3) is 2.71. The molecule has 1 aromatic carbocycles. The van der Waals surface area contributed by atoms with E-state index < -0.39 is 5.97 Å². The van der Waals surface area contributed by atoms with Crippen LogP contribution in [0, 0.1) is 6.92 Å². The number of benzene rings is 1. The number of carboxylic acids is 1. The van der Waals surface area contributed by atoms with Gasteiger partial charge in [-0.15, -0.1) is 0 Å². The summed E-state index contributed by atoms with van der Waals surface area (Å²) >= 11 is 0. The number of aliphatic hydroxyl groups is 1. The highest BCUT2D eigenvalue weighted by Crippen LogP contribution is 2.14. The summed E-state index contributed by atoms with van der Waals surface area (Å²) in [5, 5.41) is 17.5. The van der Waals surface area contributed by atoms with E-state index in [0.29, 0.717) is 5.57 Å². The lowest BCUT2D eigenvalue weighted by atomic mass is 10.0. The molecule has 0 bridgehead atoms. The molecule has 0 amide bonds. The summed E-state index contributed by atoms with van der Waals surface area (Å²) in [5.41, 5.74) is 2.25. The molecule has 3 heteroatoms. The maximum atomic E-state index is 10.4. The van der Waals surface area contributed by atoms with Crippen LogP contribution >= 0.6 is 0 Å². The first kappa shape index (κ1) is 10.5. The van der Waals surface area contributed by atoms with E-state index in [9.17, 15) is 4.79 Å². The first-order valence-corrected chi connectivity index (χ1v) is 4.25. The zero-order chi connectivity index (χ0) is 10.6. The predicted molar refractivity (Wildman–Crippen MR) is 53.9 cm³/mol. The number of carbonyl (C=O) groups is 1. The molecule has 0 saturated heterocycles. The summed E-state index contributed by atoms with van der Waals surface area (Å²) < 4.78 is 0. The molecule has 0 unspecified atom stereocenters. The summed E-state index contributed by atoms with van der Waals surface area (Å²) in [6, 6.07) is 7.34. The third-order valence-electron chi connectivity index (χ3n) is 1.89. The number of hydrogen-bond donors (Lipinski definition) is 2. The second-order valence-corrected chi connectivity index (χ2v) is 3.03. The van der Waals surface area contributed by atoms with E-state index in [1.165, 1.54) is 0 Å². The predicted octanol–water partition coefficient (Wildman–Crippen LogP) is 1.46. The monoisotopic (exact) mass is 192 g/mol. The summed E-state index contributed by atoms with van der Waals surface area (Å²) in [6.07, 6.45) is 1.02. The van der Waals surface area contributed by atoms with Gasteiger partial charge < -0.3 is 10.2 Å². The van der Waals surface area contributed by atoms with Crippen LogP contribution in [0.5, 0.6) is 0 Å². The van der Waals surface area contributed by atoms with E-state index in [-0.39, 0.29) is 6.61 Å². The van der Waals surface area contributed by atoms with Gasteiger partial charge in [-0.1, -0.05) is 29.8 Å². The van der Waals surface area contributed by atoms with Gasteiger partial charge in [-0.2, -0.15) is 0 Å². The van der Waals surface area contributed by atoms with Gasteiger partial charge in [-0.05, 0) is 18.1 Å². The summed E-state index contributed by atoms with van der Waals surface area (Å²) in [7, 11) is 0. The van der Waals surface area contributed by atoms with E-state index in [1.54, 1.807) is 12.1 Å². The smallest absolute Gasteiger partial charge is 0.328 e. The van der Waals surface area contributed by atoms with Crippen LogP contribution in [-0.4, -0.2) is 22.8 Å². The Labute approximate surface area is 82.3 Å². The number of rotatable bonds is 3. The molecular weight excluding hydrogens is 180 g/mol. The van der Waals surface area contributed by atoms with Crippen molar-refractivity contribution in [2.75, 3.05) is 6.61 Å². The zero-order valence-electron chi connectivity index (χ0n) is 7.90. The largest absolute Gasteiger partial charge is 0.478 e. The highest BCUT2D eigenvalue weighted by atomic mass is 16.4. The Hall–Kier alpha value is -1.61. The first-order chi connectivity index (χ1) is 6.63. The van der Waals surface area contributed by atoms with Gasteiger partial charge in [0.15, 0.2) is 0 Å². The average Bonchev–Trinajstić information content (AvgIpc) is 2.15. The van der Waals surface area contributed by atoms with Crippen molar-refractivity contribution in [3.8, 4) is 0 Å². The molecule has 0 spiro atoms. The normalized spacial score (nSPS) is 11.4. The Balaban J connectivity index is 3.01. The number of aliphatic carboxylic acids is 1. The van der Waals surface area contributed by atoms with Crippen LogP contribution in [0.1, 0.15) is 11.1 Å². The minimum atomic E-state index is -1.05. The van der Waals surface area contributed by atoms with Crippen molar-refractivity contribution < 1.29 is 15.0 Å². The Morgan fingerprint density at radius 1 is 1.36 bits per heavy atom. The third-order valence-corrected chi connectivity index (χ3v) is 1.89. The topological polar surface area (TPSA) is 57.5 Å². The van der Waals surface area contributed by atoms with Crippen molar-refractivity contribution in [3.63, 3.8) is 0 Å². The zero-order valence-corrected chi connectivity index (χ0v) is 7.90. The Kier molecular flexibility index (Phi) is 3.42. The molecule has 0 radical (unpaired) electrons. The van der Waals surface area contributed by atoms with E-state index in [1.807, 2.05) is 19.1 Å². The molecule has 3 nitrogen and oxygen atoms in total. The molecule has 14 heavy (non-hydrogen) atoms. The SMILES string of the molecule is Cc1ccc(/C(=C/C(=O)O)CO)cc1. The van der Waals surface area contributed by atoms with Crippen molar-refractivity contribution in [1.29, 1.82) is 0 Å². The number of aliphatic hydroxyl groups excluding tert-OH is 1. The van der Waals surface area contributed by atoms with E-state index in [2.05, 4.69) is 0 Å². The van der Waals surface area contributed by atoms with Gasteiger partial charge in [0.05, 0.1) is 6.61 Å². The van der Waals surface area contributed by atoms with Crippen LogP contribution in [-0.2, 0) is 4.79 Å². The van der Waals surface area contributed by atoms with Crippen LogP contribution in [0.3, 0.4) is 0 Å². The molecular formula is C11H12O3. The van der Waals surface area contributed by atoms with Gasteiger partial charge in [0.1, 0.15) is 0 Å². The lowest BCUT2D eigenvalue weighted by Gasteiger charge is -2.03. The molecule has 1 rings (SSSR count). The Bertz CT molecular complexity index is 349. The summed E-state index contributed by atoms with van der Waals surface area (Å²) in [6.45, 7) is 1.68. The van der Waals surface area contributed by atoms with Gasteiger partial charge in [-0.3, -0.25) is 0 Å². The fraction of sp³-hybridized carbons (Fsp3) is 0.182.